The number of aryl methyl sites for hydroxylation is 2. The molecule has 0 atom stereocenters. The van der Waals surface area contributed by atoms with Crippen molar-refractivity contribution in [3.8, 4) is 6.07 Å². The van der Waals surface area contributed by atoms with Gasteiger partial charge in [0.2, 0.25) is 0 Å². The number of halogens is 2. The van der Waals surface area contributed by atoms with E-state index in [1.54, 1.807) is 49.3 Å². The number of nitriles is 1. The Kier molecular flexibility index (Phi) is 14.2. The highest BCUT2D eigenvalue weighted by Crippen LogP contribution is 2.31. The summed E-state index contributed by atoms with van der Waals surface area (Å²) in [5.41, 5.74) is 10.5. The van der Waals surface area contributed by atoms with Crippen LogP contribution in [0.4, 0.5) is 14.5 Å². The van der Waals surface area contributed by atoms with Crippen LogP contribution in [0.15, 0.2) is 55.4 Å². The van der Waals surface area contributed by atoms with Gasteiger partial charge in [-0.2, -0.15) is 5.26 Å². The first kappa shape index (κ1) is 33.0. The van der Waals surface area contributed by atoms with Gasteiger partial charge in [-0.3, -0.25) is 0 Å². The lowest BCUT2D eigenvalue weighted by Crippen LogP contribution is -2.21. The van der Waals surface area contributed by atoms with E-state index in [-0.39, 0.29) is 5.69 Å². The van der Waals surface area contributed by atoms with Gasteiger partial charge in [0, 0.05) is 37.9 Å². The molecule has 0 bridgehead atoms. The summed E-state index contributed by atoms with van der Waals surface area (Å²) >= 11 is 0. The quantitative estimate of drug-likeness (QED) is 0.263. The molecule has 0 saturated heterocycles. The van der Waals surface area contributed by atoms with Crippen molar-refractivity contribution < 1.29 is 8.78 Å². The first-order valence-electron chi connectivity index (χ1n) is 13.3. The van der Waals surface area contributed by atoms with Gasteiger partial charge < -0.3 is 15.6 Å². The highest BCUT2D eigenvalue weighted by molar-refractivity contribution is 5.87. The van der Waals surface area contributed by atoms with E-state index in [2.05, 4.69) is 16.5 Å². The summed E-state index contributed by atoms with van der Waals surface area (Å²) in [7, 11) is 1.69. The fraction of sp³-hybridized carbons (Fsp3) is 0.312. The minimum absolute atomic E-state index is 0.000952. The van der Waals surface area contributed by atoms with E-state index in [9.17, 15) is 8.78 Å². The van der Waals surface area contributed by atoms with Crippen molar-refractivity contribution >= 4 is 22.8 Å². The molecule has 0 fully saturated rings. The Morgan fingerprint density at radius 2 is 1.79 bits per heavy atom. The van der Waals surface area contributed by atoms with Gasteiger partial charge in [0.05, 0.1) is 11.6 Å². The van der Waals surface area contributed by atoms with Gasteiger partial charge in [0.1, 0.15) is 11.3 Å². The molecule has 0 aliphatic carbocycles. The number of rotatable bonds is 6. The molecule has 2 aromatic heterocycles. The van der Waals surface area contributed by atoms with Crippen molar-refractivity contribution in [3.05, 3.63) is 100 Å². The van der Waals surface area contributed by atoms with Gasteiger partial charge in [-0.05, 0) is 59.4 Å². The van der Waals surface area contributed by atoms with E-state index in [0.717, 1.165) is 27.7 Å². The Hall–Kier alpha value is -4.02. The molecule has 0 aliphatic rings. The van der Waals surface area contributed by atoms with Crippen LogP contribution in [-0.2, 0) is 19.5 Å². The van der Waals surface area contributed by atoms with Crippen molar-refractivity contribution in [2.45, 2.75) is 61.1 Å². The van der Waals surface area contributed by atoms with E-state index in [0.29, 0.717) is 36.2 Å². The Labute approximate surface area is 232 Å². The van der Waals surface area contributed by atoms with E-state index < -0.39 is 11.6 Å². The topological polar surface area (TPSA) is 81.7 Å². The first-order valence-corrected chi connectivity index (χ1v) is 13.3. The molecule has 7 heteroatoms. The minimum atomic E-state index is -0.520. The smallest absolute Gasteiger partial charge is 0.152 e. The molecule has 39 heavy (non-hydrogen) atoms. The molecule has 0 radical (unpaired) electrons. The predicted octanol–water partition coefficient (Wildman–Crippen LogP) is 8.06. The monoisotopic (exact) mass is 533 g/mol. The lowest BCUT2D eigenvalue weighted by atomic mass is 10.0. The van der Waals surface area contributed by atoms with Gasteiger partial charge in [-0.25, -0.2) is 13.8 Å². The Morgan fingerprint density at radius 3 is 2.38 bits per heavy atom. The number of nitrogens with zero attached hydrogens (tertiary/aromatic N) is 3. The molecular weight excluding hydrogens is 492 g/mol. The highest BCUT2D eigenvalue weighted by atomic mass is 19.1. The number of hydrogen-bond donors (Lipinski definition) is 2. The summed E-state index contributed by atoms with van der Waals surface area (Å²) in [6, 6.07) is 12.8. The van der Waals surface area contributed by atoms with Crippen LogP contribution in [0.1, 0.15) is 68.0 Å². The average molecular weight is 534 g/mol. The number of pyridine rings is 1. The third kappa shape index (κ3) is 8.23. The summed E-state index contributed by atoms with van der Waals surface area (Å²) in [6.07, 6.45) is 5.80. The number of nitrogens with one attached hydrogen (secondary N) is 1. The molecule has 2 aromatic carbocycles. The second-order valence-electron chi connectivity index (χ2n) is 8.20. The lowest BCUT2D eigenvalue weighted by molar-refractivity contribution is 0.562. The Balaban J connectivity index is 0.000000454. The highest BCUT2D eigenvalue weighted by Gasteiger charge is 2.20. The van der Waals surface area contributed by atoms with Gasteiger partial charge >= 0.3 is 0 Å². The number of benzene rings is 2. The molecular formula is C32H41F2N5. The lowest BCUT2D eigenvalue weighted by Gasteiger charge is -2.23. The number of nitrogens with two attached hydrogens (primary N) is 1. The molecule has 5 nitrogen and oxygen atoms in total. The molecule has 0 aliphatic heterocycles. The predicted molar refractivity (Wildman–Crippen MR) is 161 cm³/mol. The maximum absolute atomic E-state index is 14.7. The summed E-state index contributed by atoms with van der Waals surface area (Å²) in [5, 5.41) is 9.41. The Bertz CT molecular complexity index is 1390. The fourth-order valence-electron chi connectivity index (χ4n) is 3.95. The van der Waals surface area contributed by atoms with Crippen LogP contribution in [0, 0.1) is 29.9 Å². The van der Waals surface area contributed by atoms with Crippen LogP contribution in [0.3, 0.4) is 0 Å². The molecule has 0 saturated carbocycles. The van der Waals surface area contributed by atoms with Gasteiger partial charge in [-0.15, -0.1) is 0 Å². The Morgan fingerprint density at radius 1 is 1.10 bits per heavy atom. The summed E-state index contributed by atoms with van der Waals surface area (Å²) in [4.78, 5) is 9.03. The number of hydrogen-bond acceptors (Lipinski definition) is 4. The van der Waals surface area contributed by atoms with E-state index >= 15 is 0 Å². The van der Waals surface area contributed by atoms with Crippen molar-refractivity contribution in [2.75, 3.05) is 11.9 Å². The van der Waals surface area contributed by atoms with Crippen LogP contribution in [0.2, 0.25) is 0 Å². The molecule has 4 aromatic rings. The van der Waals surface area contributed by atoms with Crippen LogP contribution >= 0.6 is 0 Å². The summed E-state index contributed by atoms with van der Waals surface area (Å²) in [6.45, 7) is 16.2. The van der Waals surface area contributed by atoms with Crippen molar-refractivity contribution in [1.82, 2.24) is 9.97 Å². The standard InChI is InChI=1S/C20H21F2N3.C8H8N2.2C2H6/c1-5-13-9-12(3)17(21)19(18(13)22)25(4)11-14-10-24-20-16(7-8-23-20)15(14)6-2;9-5-7-2-1-3-8(4-7)6-10;2*1-2/h6-10H,2,5,11H2,1,3-4H3,(H,23,24);1-4H,5,9H2;2*1-2H3. The molecule has 0 unspecified atom stereocenters. The van der Waals surface area contributed by atoms with E-state index in [1.807, 2.05) is 65.1 Å². The van der Waals surface area contributed by atoms with Gasteiger partial charge in [0.15, 0.2) is 11.6 Å². The van der Waals surface area contributed by atoms with E-state index in [1.165, 1.54) is 0 Å². The van der Waals surface area contributed by atoms with Gasteiger partial charge in [-0.1, -0.05) is 65.5 Å². The number of aromatic nitrogens is 2. The second kappa shape index (κ2) is 16.7. The van der Waals surface area contributed by atoms with E-state index in [4.69, 9.17) is 11.0 Å². The van der Waals surface area contributed by atoms with Crippen LogP contribution < -0.4 is 10.6 Å². The zero-order valence-electron chi connectivity index (χ0n) is 24.2. The third-order valence-electron chi connectivity index (χ3n) is 5.81. The summed E-state index contributed by atoms with van der Waals surface area (Å²) < 4.78 is 29.3. The second-order valence-corrected chi connectivity index (χ2v) is 8.20. The van der Waals surface area contributed by atoms with Crippen molar-refractivity contribution in [3.63, 3.8) is 0 Å². The van der Waals surface area contributed by atoms with Crippen molar-refractivity contribution in [2.24, 2.45) is 5.73 Å². The maximum atomic E-state index is 14.7. The average Bonchev–Trinajstić information content (AvgIpc) is 3.46. The molecule has 208 valence electrons. The number of fused-ring (bicyclic) bond motifs is 1. The molecule has 3 N–H and O–H groups in total. The van der Waals surface area contributed by atoms with Crippen LogP contribution in [-0.4, -0.2) is 17.0 Å². The molecule has 2 heterocycles. The van der Waals surface area contributed by atoms with Crippen LogP contribution in [0.5, 0.6) is 0 Å². The normalized spacial score (nSPS) is 9.67. The number of H-pyrrole nitrogens is 1. The zero-order chi connectivity index (χ0) is 29.5. The molecule has 0 spiro atoms. The largest absolute Gasteiger partial charge is 0.365 e. The number of aromatic amines is 1. The minimum Gasteiger partial charge on any atom is -0.365 e. The third-order valence-corrected chi connectivity index (χ3v) is 5.81. The fourth-order valence-corrected chi connectivity index (χ4v) is 3.95. The molecule has 4 rings (SSSR count). The van der Waals surface area contributed by atoms with Gasteiger partial charge in [0.25, 0.3) is 0 Å². The summed E-state index contributed by atoms with van der Waals surface area (Å²) in [5.74, 6) is -1.02. The maximum Gasteiger partial charge on any atom is 0.152 e. The van der Waals surface area contributed by atoms with Crippen molar-refractivity contribution in [1.29, 1.82) is 5.26 Å². The zero-order valence-corrected chi connectivity index (χ0v) is 24.2. The first-order chi connectivity index (χ1) is 18.8. The number of anilines is 1. The SMILES string of the molecule is C=Cc1c(CN(C)c2c(F)c(C)cc(CC)c2F)cnc2[nH]ccc12.CC.CC.N#Cc1cccc(CN)c1. The van der Waals surface area contributed by atoms with Crippen LogP contribution in [0.25, 0.3) is 17.1 Å². The molecule has 0 amide bonds.